The fraction of sp³-hybridized carbons (Fsp3) is 0.588. The molecule has 2 heterocycles. The molecule has 1 amide bonds. The first-order valence-electron chi connectivity index (χ1n) is 8.23. The van der Waals surface area contributed by atoms with Crippen molar-refractivity contribution in [3.05, 3.63) is 35.4 Å². The van der Waals surface area contributed by atoms with Crippen molar-refractivity contribution in [3.63, 3.8) is 0 Å². The highest BCUT2D eigenvalue weighted by Crippen LogP contribution is 2.14. The average molecular weight is 303 g/mol. The number of amides is 1. The first-order chi connectivity index (χ1) is 10.8. The number of benzene rings is 1. The van der Waals surface area contributed by atoms with Crippen molar-refractivity contribution in [1.82, 2.24) is 15.5 Å². The highest BCUT2D eigenvalue weighted by atomic mass is 16.5. The summed E-state index contributed by atoms with van der Waals surface area (Å²) in [6, 6.07) is 8.44. The minimum absolute atomic E-state index is 0.127. The van der Waals surface area contributed by atoms with Crippen LogP contribution in [-0.4, -0.2) is 56.2 Å². The monoisotopic (exact) mass is 303 g/mol. The highest BCUT2D eigenvalue weighted by Gasteiger charge is 2.21. The van der Waals surface area contributed by atoms with Crippen molar-refractivity contribution in [1.29, 1.82) is 0 Å². The van der Waals surface area contributed by atoms with Crippen LogP contribution in [0.3, 0.4) is 0 Å². The number of nitrogens with one attached hydrogen (secondary N) is 2. The third kappa shape index (κ3) is 3.85. The Morgan fingerprint density at radius 1 is 1.32 bits per heavy atom. The van der Waals surface area contributed by atoms with E-state index in [1.165, 1.54) is 12.8 Å². The molecule has 2 aliphatic rings. The maximum absolute atomic E-state index is 12.7. The summed E-state index contributed by atoms with van der Waals surface area (Å²) in [4.78, 5) is 14.6. The van der Waals surface area contributed by atoms with Gasteiger partial charge >= 0.3 is 0 Å². The Hall–Kier alpha value is -1.43. The molecule has 0 aliphatic carbocycles. The van der Waals surface area contributed by atoms with Gasteiger partial charge in [0.2, 0.25) is 0 Å². The van der Waals surface area contributed by atoms with Gasteiger partial charge in [0.1, 0.15) is 0 Å². The summed E-state index contributed by atoms with van der Waals surface area (Å²) < 4.78 is 5.33. The second-order valence-electron chi connectivity index (χ2n) is 5.99. The second-order valence-corrected chi connectivity index (χ2v) is 5.99. The Kier molecular flexibility index (Phi) is 5.43. The van der Waals surface area contributed by atoms with Gasteiger partial charge in [-0.3, -0.25) is 4.79 Å². The van der Waals surface area contributed by atoms with Gasteiger partial charge in [0.25, 0.3) is 5.91 Å². The van der Waals surface area contributed by atoms with Crippen molar-refractivity contribution in [3.8, 4) is 0 Å². The number of piperidine rings is 1. The van der Waals surface area contributed by atoms with Gasteiger partial charge in [-0.2, -0.15) is 0 Å². The largest absolute Gasteiger partial charge is 0.378 e. The number of hydrogen-bond donors (Lipinski definition) is 2. The molecule has 0 bridgehead atoms. The molecule has 0 unspecified atom stereocenters. The number of ether oxygens (including phenoxy) is 1. The standard InChI is InChI=1S/C17H25N3O2/c21-17(20-8-10-22-11-9-20)16-6-2-1-4-14(16)12-19-15-5-3-7-18-13-15/h1-2,4,6,15,18-19H,3,5,7-13H2/t15-/m0/s1. The van der Waals surface area contributed by atoms with Gasteiger partial charge in [-0.25, -0.2) is 0 Å². The number of morpholine rings is 1. The minimum atomic E-state index is 0.127. The van der Waals surface area contributed by atoms with Crippen LogP contribution in [0.5, 0.6) is 0 Å². The molecule has 1 atom stereocenters. The Balaban J connectivity index is 1.64. The summed E-state index contributed by atoms with van der Waals surface area (Å²) in [5, 5.41) is 6.99. The molecule has 0 radical (unpaired) electrons. The normalized spacial score (nSPS) is 22.5. The molecule has 1 aromatic rings. The summed E-state index contributed by atoms with van der Waals surface area (Å²) in [5.41, 5.74) is 1.91. The van der Waals surface area contributed by atoms with Crippen LogP contribution in [-0.2, 0) is 11.3 Å². The van der Waals surface area contributed by atoms with Crippen molar-refractivity contribution in [2.45, 2.75) is 25.4 Å². The Morgan fingerprint density at radius 2 is 2.14 bits per heavy atom. The molecule has 2 aliphatic heterocycles. The van der Waals surface area contributed by atoms with Crippen LogP contribution >= 0.6 is 0 Å². The number of carbonyl (C=O) groups is 1. The molecule has 3 rings (SSSR count). The topological polar surface area (TPSA) is 53.6 Å². The molecule has 2 N–H and O–H groups in total. The van der Waals surface area contributed by atoms with Crippen LogP contribution in [0.1, 0.15) is 28.8 Å². The molecule has 0 spiro atoms. The van der Waals surface area contributed by atoms with E-state index in [0.717, 1.165) is 30.8 Å². The van der Waals surface area contributed by atoms with E-state index in [1.54, 1.807) is 0 Å². The number of carbonyl (C=O) groups excluding carboxylic acids is 1. The van der Waals surface area contributed by atoms with Crippen LogP contribution < -0.4 is 10.6 Å². The molecule has 1 aromatic carbocycles. The number of nitrogens with zero attached hydrogens (tertiary/aromatic N) is 1. The molecular formula is C17H25N3O2. The zero-order valence-electron chi connectivity index (χ0n) is 13.0. The predicted molar refractivity (Wildman–Crippen MR) is 85.9 cm³/mol. The molecule has 2 fully saturated rings. The van der Waals surface area contributed by atoms with E-state index in [1.807, 2.05) is 23.1 Å². The van der Waals surface area contributed by atoms with Crippen LogP contribution in [0.25, 0.3) is 0 Å². The lowest BCUT2D eigenvalue weighted by Crippen LogP contribution is -2.43. The van der Waals surface area contributed by atoms with Gasteiger partial charge in [-0.15, -0.1) is 0 Å². The van der Waals surface area contributed by atoms with E-state index in [4.69, 9.17) is 4.74 Å². The molecule has 5 nitrogen and oxygen atoms in total. The smallest absolute Gasteiger partial charge is 0.254 e. The minimum Gasteiger partial charge on any atom is -0.378 e. The van der Waals surface area contributed by atoms with Crippen molar-refractivity contribution in [2.24, 2.45) is 0 Å². The molecule has 22 heavy (non-hydrogen) atoms. The van der Waals surface area contributed by atoms with Gasteiger partial charge in [0, 0.05) is 37.8 Å². The fourth-order valence-corrected chi connectivity index (χ4v) is 3.10. The van der Waals surface area contributed by atoms with Crippen LogP contribution in [0.2, 0.25) is 0 Å². The molecular weight excluding hydrogens is 278 g/mol. The van der Waals surface area contributed by atoms with Crippen molar-refractivity contribution in [2.75, 3.05) is 39.4 Å². The third-order valence-electron chi connectivity index (χ3n) is 4.42. The van der Waals surface area contributed by atoms with E-state index >= 15 is 0 Å². The molecule has 120 valence electrons. The van der Waals surface area contributed by atoms with E-state index < -0.39 is 0 Å². The summed E-state index contributed by atoms with van der Waals surface area (Å²) in [7, 11) is 0. The van der Waals surface area contributed by atoms with Gasteiger partial charge in [-0.05, 0) is 31.0 Å². The van der Waals surface area contributed by atoms with Crippen LogP contribution in [0, 0.1) is 0 Å². The maximum Gasteiger partial charge on any atom is 0.254 e. The zero-order valence-corrected chi connectivity index (χ0v) is 13.0. The Bertz CT molecular complexity index is 494. The predicted octanol–water partition coefficient (Wildman–Crippen LogP) is 1.00. The lowest BCUT2D eigenvalue weighted by atomic mass is 10.0. The van der Waals surface area contributed by atoms with Gasteiger partial charge in [0.15, 0.2) is 0 Å². The van der Waals surface area contributed by atoms with E-state index in [9.17, 15) is 4.79 Å². The Morgan fingerprint density at radius 3 is 2.91 bits per heavy atom. The molecule has 5 heteroatoms. The SMILES string of the molecule is O=C(c1ccccc1CN[C@H]1CCCNC1)N1CCOCC1. The molecule has 0 aromatic heterocycles. The molecule has 2 saturated heterocycles. The second kappa shape index (κ2) is 7.72. The van der Waals surface area contributed by atoms with Crippen molar-refractivity contribution >= 4 is 5.91 Å². The lowest BCUT2D eigenvalue weighted by Gasteiger charge is -2.28. The number of rotatable bonds is 4. The van der Waals surface area contributed by atoms with Crippen LogP contribution in [0.15, 0.2) is 24.3 Å². The molecule has 0 saturated carbocycles. The van der Waals surface area contributed by atoms with Crippen LogP contribution in [0.4, 0.5) is 0 Å². The van der Waals surface area contributed by atoms with Gasteiger partial charge < -0.3 is 20.3 Å². The van der Waals surface area contributed by atoms with E-state index in [2.05, 4.69) is 16.7 Å². The summed E-state index contributed by atoms with van der Waals surface area (Å²) >= 11 is 0. The van der Waals surface area contributed by atoms with Crippen molar-refractivity contribution < 1.29 is 9.53 Å². The Labute approximate surface area is 132 Å². The van der Waals surface area contributed by atoms with Gasteiger partial charge in [-0.1, -0.05) is 18.2 Å². The quantitative estimate of drug-likeness (QED) is 0.871. The summed E-state index contributed by atoms with van der Waals surface area (Å²) in [5.74, 6) is 0.127. The van der Waals surface area contributed by atoms with E-state index in [-0.39, 0.29) is 5.91 Å². The first kappa shape index (κ1) is 15.5. The third-order valence-corrected chi connectivity index (χ3v) is 4.42. The highest BCUT2D eigenvalue weighted by molar-refractivity contribution is 5.95. The first-order valence-corrected chi connectivity index (χ1v) is 8.23. The maximum atomic E-state index is 12.7. The number of hydrogen-bond acceptors (Lipinski definition) is 4. The fourth-order valence-electron chi connectivity index (χ4n) is 3.10. The lowest BCUT2D eigenvalue weighted by molar-refractivity contribution is 0.0302. The van der Waals surface area contributed by atoms with Gasteiger partial charge in [0.05, 0.1) is 13.2 Å². The average Bonchev–Trinajstić information content (AvgIpc) is 2.61. The zero-order chi connectivity index (χ0) is 15.2. The summed E-state index contributed by atoms with van der Waals surface area (Å²) in [6.45, 7) is 5.53. The summed E-state index contributed by atoms with van der Waals surface area (Å²) in [6.07, 6.45) is 2.42. The van der Waals surface area contributed by atoms with E-state index in [0.29, 0.717) is 32.3 Å².